The van der Waals surface area contributed by atoms with Crippen LogP contribution < -0.4 is 0 Å². The Hall–Kier alpha value is -1.95. The fourth-order valence-electron chi connectivity index (χ4n) is 3.88. The molecule has 4 rings (SSSR count). The van der Waals surface area contributed by atoms with Crippen molar-refractivity contribution in [3.05, 3.63) is 74.7 Å². The zero-order chi connectivity index (χ0) is 17.2. The smallest absolute Gasteiger partial charge is 0.395 e. The number of aromatic nitrogens is 1. The molecule has 2 aromatic rings. The van der Waals surface area contributed by atoms with Crippen molar-refractivity contribution < 1.29 is 13.1 Å². The summed E-state index contributed by atoms with van der Waals surface area (Å²) in [6.07, 6.45) is 6.39. The summed E-state index contributed by atoms with van der Waals surface area (Å²) in [6.45, 7) is 2.25. The van der Waals surface area contributed by atoms with E-state index < -0.39 is 6.97 Å². The molecule has 0 saturated carbocycles. The molecule has 0 spiro atoms. The second kappa shape index (κ2) is 5.02. The molecule has 1 aromatic heterocycles. The van der Waals surface area contributed by atoms with Crippen molar-refractivity contribution in [3.63, 3.8) is 0 Å². The van der Waals surface area contributed by atoms with Crippen LogP contribution in [0, 0.1) is 20.8 Å². The number of halogens is 3. The van der Waals surface area contributed by atoms with Gasteiger partial charge in [0.15, 0.2) is 5.70 Å². The van der Waals surface area contributed by atoms with E-state index in [-0.39, 0.29) is 0 Å². The number of hydrogen-bond acceptors (Lipinski definition) is 0. The van der Waals surface area contributed by atoms with E-state index >= 15 is 0 Å². The van der Waals surface area contributed by atoms with Crippen LogP contribution in [0.25, 0.3) is 5.57 Å². The van der Waals surface area contributed by atoms with Crippen LogP contribution in [0.15, 0.2) is 46.7 Å². The molecule has 0 aliphatic carbocycles. The van der Waals surface area contributed by atoms with Crippen molar-refractivity contribution in [1.29, 1.82) is 0 Å². The summed E-state index contributed by atoms with van der Waals surface area (Å²) < 4.78 is 32.8. The summed E-state index contributed by atoms with van der Waals surface area (Å²) in [5.74, 6) is 0. The molecule has 0 amide bonds. The predicted molar refractivity (Wildman–Crippen MR) is 97.6 cm³/mol. The number of fused-ring (bicyclic) bond motifs is 2. The molecule has 2 nitrogen and oxygen atoms in total. The van der Waals surface area contributed by atoms with E-state index in [1.54, 1.807) is 18.2 Å². The van der Waals surface area contributed by atoms with Crippen LogP contribution in [0.5, 0.6) is 0 Å². The fraction of sp³-hybridized carbons (Fsp3) is 0.167. The molecule has 3 heterocycles. The number of rotatable bonds is 1. The van der Waals surface area contributed by atoms with Crippen LogP contribution >= 0.6 is 15.9 Å². The number of benzene rings is 1. The van der Waals surface area contributed by atoms with Crippen molar-refractivity contribution in [3.8, 4) is 0 Å². The van der Waals surface area contributed by atoms with Crippen molar-refractivity contribution in [2.45, 2.75) is 20.8 Å². The molecule has 0 N–H and O–H groups in total. The van der Waals surface area contributed by atoms with E-state index in [0.29, 0.717) is 15.9 Å². The van der Waals surface area contributed by atoms with E-state index in [2.05, 4.69) is 35.0 Å². The van der Waals surface area contributed by atoms with Crippen molar-refractivity contribution in [1.82, 2.24) is 4.48 Å². The molecule has 0 fully saturated rings. The quantitative estimate of drug-likeness (QED) is 0.618. The highest BCUT2D eigenvalue weighted by atomic mass is 79.9. The molecule has 0 atom stereocenters. The lowest BCUT2D eigenvalue weighted by Gasteiger charge is -2.31. The monoisotopic (exact) mass is 388 g/mol. The van der Waals surface area contributed by atoms with E-state index in [9.17, 15) is 8.63 Å². The third-order valence-corrected chi connectivity index (χ3v) is 5.14. The highest BCUT2D eigenvalue weighted by Gasteiger charge is 2.52. The molecule has 6 heteroatoms. The van der Waals surface area contributed by atoms with Crippen LogP contribution in [0.1, 0.15) is 27.9 Å². The normalized spacial score (nSPS) is 17.8. The molecule has 1 aromatic carbocycles. The number of allylic oxidation sites excluding steroid dienone is 2. The SMILES string of the molecule is Cc1cc(C)c(C2=C3C=CC=[N+]3[B-](F)(F)n3cc(Br)cc32)c(C)c1. The molecular weight excluding hydrogens is 373 g/mol. The highest BCUT2D eigenvalue weighted by Crippen LogP contribution is 2.42. The molecular formula is C18H16BBrF2N2. The first-order valence-electron chi connectivity index (χ1n) is 7.83. The Bertz CT molecular complexity index is 960. The second-order valence-electron chi connectivity index (χ2n) is 6.49. The van der Waals surface area contributed by atoms with Gasteiger partial charge in [-0.2, -0.15) is 0 Å². The maximum Gasteiger partial charge on any atom is 0.737 e. The fourth-order valence-corrected chi connectivity index (χ4v) is 4.31. The number of nitrogens with zero attached hydrogens (tertiary/aromatic N) is 2. The largest absolute Gasteiger partial charge is 0.737 e. The van der Waals surface area contributed by atoms with Crippen LogP contribution in [0.2, 0.25) is 0 Å². The van der Waals surface area contributed by atoms with E-state index in [0.717, 1.165) is 31.2 Å². The third-order valence-electron chi connectivity index (χ3n) is 4.70. The second-order valence-corrected chi connectivity index (χ2v) is 7.40. The zero-order valence-corrected chi connectivity index (χ0v) is 15.2. The average Bonchev–Trinajstić information content (AvgIpc) is 3.09. The summed E-state index contributed by atoms with van der Waals surface area (Å²) in [5, 5.41) is 0. The Kier molecular flexibility index (Phi) is 3.26. The minimum Gasteiger partial charge on any atom is -0.395 e. The molecule has 2 aliphatic rings. The molecule has 0 unspecified atom stereocenters. The third kappa shape index (κ3) is 2.02. The van der Waals surface area contributed by atoms with Crippen LogP contribution in [-0.2, 0) is 0 Å². The highest BCUT2D eigenvalue weighted by molar-refractivity contribution is 9.10. The zero-order valence-electron chi connectivity index (χ0n) is 13.6. The Labute approximate surface area is 148 Å². The Balaban J connectivity index is 2.12. The van der Waals surface area contributed by atoms with Crippen LogP contribution in [0.4, 0.5) is 8.63 Å². The standard InChI is InChI=1S/C18H16BBrF2N2/c1-11-7-12(2)17(13(3)8-11)18-15-5-4-6-23(15)19(21,22)24-10-14(20)9-16(18)24/h4-10H,1-3H3. The molecule has 0 bridgehead atoms. The predicted octanol–water partition coefficient (Wildman–Crippen LogP) is 4.82. The first-order chi connectivity index (χ1) is 11.3. The van der Waals surface area contributed by atoms with Gasteiger partial charge in [0.25, 0.3) is 0 Å². The molecule has 2 aliphatic heterocycles. The van der Waals surface area contributed by atoms with Gasteiger partial charge in [-0.1, -0.05) is 17.7 Å². The van der Waals surface area contributed by atoms with Gasteiger partial charge in [0.1, 0.15) is 6.21 Å². The van der Waals surface area contributed by atoms with E-state index in [1.165, 1.54) is 18.0 Å². The lowest BCUT2D eigenvalue weighted by molar-refractivity contribution is -0.356. The summed E-state index contributed by atoms with van der Waals surface area (Å²) >= 11 is 3.36. The van der Waals surface area contributed by atoms with Gasteiger partial charge in [-0.15, -0.1) is 0 Å². The number of hydrogen-bond donors (Lipinski definition) is 0. The van der Waals surface area contributed by atoms with Gasteiger partial charge in [0.2, 0.25) is 0 Å². The molecule has 24 heavy (non-hydrogen) atoms. The molecule has 0 radical (unpaired) electrons. The van der Waals surface area contributed by atoms with Crippen molar-refractivity contribution in [2.24, 2.45) is 0 Å². The van der Waals surface area contributed by atoms with Gasteiger partial charge >= 0.3 is 6.97 Å². The van der Waals surface area contributed by atoms with Gasteiger partial charge < -0.3 is 17.6 Å². The van der Waals surface area contributed by atoms with Gasteiger partial charge in [-0.3, -0.25) is 0 Å². The summed E-state index contributed by atoms with van der Waals surface area (Å²) in [5.41, 5.74) is 6.36. The van der Waals surface area contributed by atoms with Crippen LogP contribution in [0.3, 0.4) is 0 Å². The van der Waals surface area contributed by atoms with Gasteiger partial charge in [0, 0.05) is 22.3 Å². The minimum absolute atomic E-state index is 0.549. The van der Waals surface area contributed by atoms with Gasteiger partial charge in [-0.05, 0) is 65.7 Å². The molecule has 0 saturated heterocycles. The van der Waals surface area contributed by atoms with Gasteiger partial charge in [0.05, 0.1) is 5.57 Å². The lowest BCUT2D eigenvalue weighted by atomic mass is 9.83. The Morgan fingerprint density at radius 3 is 2.42 bits per heavy atom. The van der Waals surface area contributed by atoms with E-state index in [4.69, 9.17) is 0 Å². The molecule has 122 valence electrons. The first-order valence-corrected chi connectivity index (χ1v) is 8.62. The topological polar surface area (TPSA) is 7.94 Å². The Morgan fingerprint density at radius 2 is 1.75 bits per heavy atom. The van der Waals surface area contributed by atoms with E-state index in [1.807, 2.05) is 13.8 Å². The van der Waals surface area contributed by atoms with Crippen LogP contribution in [-0.4, -0.2) is 22.1 Å². The maximum atomic E-state index is 14.9. The minimum atomic E-state index is -3.88. The van der Waals surface area contributed by atoms with Gasteiger partial charge in [-0.25, -0.2) is 0 Å². The average molecular weight is 389 g/mol. The van der Waals surface area contributed by atoms with Crippen molar-refractivity contribution in [2.75, 3.05) is 0 Å². The first kappa shape index (κ1) is 15.6. The Morgan fingerprint density at radius 1 is 1.08 bits per heavy atom. The summed E-state index contributed by atoms with van der Waals surface area (Å²) in [4.78, 5) is 0. The summed E-state index contributed by atoms with van der Waals surface area (Å²) in [7, 11) is 0. The maximum absolute atomic E-state index is 14.9. The lowest BCUT2D eigenvalue weighted by Crippen LogP contribution is -2.49. The van der Waals surface area contributed by atoms with Crippen molar-refractivity contribution >= 4 is 34.7 Å². The number of aryl methyl sites for hydroxylation is 3. The summed E-state index contributed by atoms with van der Waals surface area (Å²) in [6, 6.07) is 5.98.